The summed E-state index contributed by atoms with van der Waals surface area (Å²) in [6.07, 6.45) is 4.29. The summed E-state index contributed by atoms with van der Waals surface area (Å²) in [5.74, 6) is -0.109. The number of aromatic nitrogens is 3. The molecule has 28 heavy (non-hydrogen) atoms. The van der Waals surface area contributed by atoms with Gasteiger partial charge in [-0.25, -0.2) is 9.97 Å². The molecule has 0 spiro atoms. The van der Waals surface area contributed by atoms with Crippen molar-refractivity contribution in [3.63, 3.8) is 0 Å². The molecule has 2 aromatic heterocycles. The van der Waals surface area contributed by atoms with Gasteiger partial charge in [0, 0.05) is 0 Å². The third-order valence-corrected chi connectivity index (χ3v) is 4.97. The van der Waals surface area contributed by atoms with Gasteiger partial charge in [0.2, 0.25) is 0 Å². The fourth-order valence-corrected chi connectivity index (χ4v) is 3.15. The quantitative estimate of drug-likeness (QED) is 0.436. The third kappa shape index (κ3) is 3.47. The number of hydrogen-bond acceptors (Lipinski definition) is 6. The van der Waals surface area contributed by atoms with Crippen LogP contribution in [0.3, 0.4) is 0 Å². The highest BCUT2D eigenvalue weighted by atomic mass is 35.5. The van der Waals surface area contributed by atoms with Crippen LogP contribution in [0.25, 0.3) is 11.0 Å². The lowest BCUT2D eigenvalue weighted by Gasteiger charge is -2.08. The molecule has 2 heterocycles. The number of nitrogens with one attached hydrogen (secondary N) is 2. The van der Waals surface area contributed by atoms with Crippen LogP contribution < -0.4 is 10.6 Å². The van der Waals surface area contributed by atoms with E-state index in [1.807, 2.05) is 0 Å². The molecule has 0 aliphatic carbocycles. The number of benzene rings is 2. The molecule has 2 N–H and O–H groups in total. The van der Waals surface area contributed by atoms with Crippen molar-refractivity contribution < 1.29 is 9.32 Å². The molecule has 0 saturated carbocycles. The minimum absolute atomic E-state index is 0.140. The minimum atomic E-state index is -0.478. The molecule has 0 fully saturated rings. The number of hydrogen-bond donors (Lipinski definition) is 2. The van der Waals surface area contributed by atoms with Crippen molar-refractivity contribution in [1.82, 2.24) is 15.1 Å². The van der Waals surface area contributed by atoms with Crippen LogP contribution in [0.2, 0.25) is 15.1 Å². The Balaban J connectivity index is 1.72. The third-order valence-electron chi connectivity index (χ3n) is 3.84. The summed E-state index contributed by atoms with van der Waals surface area (Å²) in [5, 5.41) is 11.2. The van der Waals surface area contributed by atoms with Crippen LogP contribution in [0.4, 0.5) is 17.2 Å². The summed E-state index contributed by atoms with van der Waals surface area (Å²) in [4.78, 5) is 20.4. The molecule has 2 aromatic carbocycles. The number of rotatable bonds is 4. The molecule has 7 nitrogen and oxygen atoms in total. The first-order valence-electron chi connectivity index (χ1n) is 7.90. The Morgan fingerprint density at radius 3 is 2.57 bits per heavy atom. The Labute approximate surface area is 173 Å². The zero-order valence-corrected chi connectivity index (χ0v) is 16.2. The summed E-state index contributed by atoms with van der Waals surface area (Å²) in [5.41, 5.74) is 1.33. The lowest BCUT2D eigenvalue weighted by atomic mass is 10.1. The van der Waals surface area contributed by atoms with Crippen molar-refractivity contribution in [3.05, 3.63) is 69.7 Å². The average Bonchev–Trinajstić information content (AvgIpc) is 3.08. The van der Waals surface area contributed by atoms with Gasteiger partial charge >= 0.3 is 0 Å². The number of amides is 1. The van der Waals surface area contributed by atoms with Crippen molar-refractivity contribution in [1.29, 1.82) is 0 Å². The first-order chi connectivity index (χ1) is 13.5. The summed E-state index contributed by atoms with van der Waals surface area (Å²) >= 11 is 18.5. The predicted octanol–water partition coefficient (Wildman–Crippen LogP) is 5.57. The molecule has 4 rings (SSSR count). The van der Waals surface area contributed by atoms with E-state index < -0.39 is 5.91 Å². The van der Waals surface area contributed by atoms with Gasteiger partial charge in [-0.15, -0.1) is 0 Å². The number of fused-ring (bicyclic) bond motifs is 1. The Hall–Kier alpha value is -2.87. The summed E-state index contributed by atoms with van der Waals surface area (Å²) in [6, 6.07) is 8.44. The highest BCUT2D eigenvalue weighted by molar-refractivity contribution is 6.43. The van der Waals surface area contributed by atoms with Crippen molar-refractivity contribution in [3.8, 4) is 0 Å². The number of halogens is 3. The summed E-state index contributed by atoms with van der Waals surface area (Å²) < 4.78 is 5.40. The highest BCUT2D eigenvalue weighted by Gasteiger charge is 2.21. The predicted molar refractivity (Wildman–Crippen MR) is 109 cm³/mol. The number of carbonyl (C=O) groups is 1. The smallest absolute Gasteiger partial charge is 0.261 e. The first kappa shape index (κ1) is 18.5. The van der Waals surface area contributed by atoms with Gasteiger partial charge in [0.15, 0.2) is 11.4 Å². The zero-order valence-electron chi connectivity index (χ0n) is 13.9. The van der Waals surface area contributed by atoms with Crippen LogP contribution >= 0.6 is 34.8 Å². The van der Waals surface area contributed by atoms with Crippen LogP contribution in [0.15, 0.2) is 53.6 Å². The van der Waals surface area contributed by atoms with E-state index in [1.165, 1.54) is 18.7 Å². The first-order valence-corrected chi connectivity index (χ1v) is 9.03. The molecular formula is C18H10Cl3N5O2. The van der Waals surface area contributed by atoms with Crippen LogP contribution in [-0.2, 0) is 0 Å². The number of anilines is 3. The molecule has 0 radical (unpaired) electrons. The van der Waals surface area contributed by atoms with E-state index in [1.54, 1.807) is 30.3 Å². The van der Waals surface area contributed by atoms with Gasteiger partial charge in [0.25, 0.3) is 5.91 Å². The molecule has 0 aliphatic heterocycles. The topological polar surface area (TPSA) is 92.9 Å². The molecule has 10 heteroatoms. The van der Waals surface area contributed by atoms with Crippen LogP contribution in [0.5, 0.6) is 0 Å². The second kappa shape index (κ2) is 7.63. The lowest BCUT2D eigenvalue weighted by Crippen LogP contribution is -2.13. The van der Waals surface area contributed by atoms with E-state index in [-0.39, 0.29) is 16.2 Å². The Morgan fingerprint density at radius 1 is 1.00 bits per heavy atom. The molecule has 0 atom stereocenters. The molecule has 0 unspecified atom stereocenters. The standard InChI is InChI=1S/C18H10Cl3N5O2/c19-11-5-4-10-16(14(11)18(27)24-9-6-22-8-23-7-9)28-26-17(10)25-13-3-1-2-12(20)15(13)21/h1-8H,(H,24,27)(H,25,26). The highest BCUT2D eigenvalue weighted by Crippen LogP contribution is 2.36. The van der Waals surface area contributed by atoms with E-state index in [0.717, 1.165) is 0 Å². The Morgan fingerprint density at radius 2 is 1.79 bits per heavy atom. The van der Waals surface area contributed by atoms with Crippen LogP contribution in [0.1, 0.15) is 10.4 Å². The van der Waals surface area contributed by atoms with Crippen LogP contribution in [0, 0.1) is 0 Å². The molecule has 0 aliphatic rings. The van der Waals surface area contributed by atoms with Crippen molar-refractivity contribution in [2.45, 2.75) is 0 Å². The number of carbonyl (C=O) groups excluding carboxylic acids is 1. The maximum Gasteiger partial charge on any atom is 0.261 e. The molecule has 1 amide bonds. The normalized spacial score (nSPS) is 10.8. The largest absolute Gasteiger partial charge is 0.353 e. The van der Waals surface area contributed by atoms with E-state index in [4.69, 9.17) is 39.3 Å². The second-order valence-corrected chi connectivity index (χ2v) is 6.83. The lowest BCUT2D eigenvalue weighted by molar-refractivity contribution is 0.102. The van der Waals surface area contributed by atoms with Gasteiger partial charge in [-0.2, -0.15) is 0 Å². The monoisotopic (exact) mass is 433 g/mol. The fraction of sp³-hybridized carbons (Fsp3) is 0. The van der Waals surface area contributed by atoms with Crippen LogP contribution in [-0.4, -0.2) is 21.0 Å². The van der Waals surface area contributed by atoms with Gasteiger partial charge < -0.3 is 15.2 Å². The van der Waals surface area contributed by atoms with Crippen molar-refractivity contribution in [2.24, 2.45) is 0 Å². The van der Waals surface area contributed by atoms with E-state index >= 15 is 0 Å². The Bertz CT molecular complexity index is 1180. The maximum absolute atomic E-state index is 12.7. The zero-order chi connectivity index (χ0) is 19.7. The fourth-order valence-electron chi connectivity index (χ4n) is 2.57. The van der Waals surface area contributed by atoms with E-state index in [0.29, 0.717) is 32.6 Å². The summed E-state index contributed by atoms with van der Waals surface area (Å²) in [7, 11) is 0. The Kier molecular flexibility index (Phi) is 5.04. The van der Waals surface area contributed by atoms with Crippen molar-refractivity contribution >= 4 is 68.9 Å². The SMILES string of the molecule is O=C(Nc1cncnc1)c1c(Cl)ccc2c(Nc3cccc(Cl)c3Cl)noc12. The second-order valence-electron chi connectivity index (χ2n) is 5.64. The molecule has 0 saturated heterocycles. The molecule has 140 valence electrons. The summed E-state index contributed by atoms with van der Waals surface area (Å²) in [6.45, 7) is 0. The van der Waals surface area contributed by atoms with Gasteiger partial charge in [-0.1, -0.05) is 46.0 Å². The van der Waals surface area contributed by atoms with Gasteiger partial charge in [-0.05, 0) is 24.3 Å². The molecular weight excluding hydrogens is 425 g/mol. The van der Waals surface area contributed by atoms with Gasteiger partial charge in [-0.3, -0.25) is 4.79 Å². The number of nitrogens with zero attached hydrogens (tertiary/aromatic N) is 3. The molecule has 4 aromatic rings. The molecule has 0 bridgehead atoms. The minimum Gasteiger partial charge on any atom is -0.353 e. The van der Waals surface area contributed by atoms with Gasteiger partial charge in [0.1, 0.15) is 11.9 Å². The average molecular weight is 435 g/mol. The van der Waals surface area contributed by atoms with E-state index in [2.05, 4.69) is 25.8 Å². The van der Waals surface area contributed by atoms with Crippen molar-refractivity contribution in [2.75, 3.05) is 10.6 Å². The maximum atomic E-state index is 12.7. The van der Waals surface area contributed by atoms with Gasteiger partial charge in [0.05, 0.1) is 44.2 Å². The van der Waals surface area contributed by atoms with E-state index in [9.17, 15) is 4.79 Å².